The maximum absolute atomic E-state index is 11.5. The molecule has 84 valence electrons. The highest BCUT2D eigenvalue weighted by molar-refractivity contribution is 7.81. The average Bonchev–Trinajstić information content (AvgIpc) is 2.18. The van der Waals surface area contributed by atoms with Gasteiger partial charge in [-0.25, -0.2) is 4.57 Å². The van der Waals surface area contributed by atoms with E-state index >= 15 is 0 Å². The summed E-state index contributed by atoms with van der Waals surface area (Å²) >= 11 is 5.56. The Bertz CT molecular complexity index is 330. The van der Waals surface area contributed by atoms with Gasteiger partial charge in [0.15, 0.2) is 0 Å². The van der Waals surface area contributed by atoms with E-state index < -0.39 is 6.95 Å². The number of para-hydroxylation sites is 1. The molecule has 0 N–H and O–H groups in total. The molecule has 0 amide bonds. The van der Waals surface area contributed by atoms with Gasteiger partial charge in [0.1, 0.15) is 5.75 Å². The molecule has 0 heterocycles. The summed E-state index contributed by atoms with van der Waals surface area (Å²) in [6, 6.07) is 8.62. The van der Waals surface area contributed by atoms with Crippen LogP contribution in [0.1, 0.15) is 0 Å². The summed E-state index contributed by atoms with van der Waals surface area (Å²) in [5.74, 6) is 0.410. The molecular weight excluding hydrogens is 239 g/mol. The van der Waals surface area contributed by atoms with Crippen molar-refractivity contribution in [3.05, 3.63) is 30.3 Å². The standard InChI is InChI=1S/C9H12ClO4P/c1-12-7-8-13-15(10,11)14-9-5-3-2-4-6-9/h2-6H,7-8H2,1H3. The highest BCUT2D eigenvalue weighted by Gasteiger charge is 2.22. The van der Waals surface area contributed by atoms with Gasteiger partial charge in [-0.15, -0.1) is 0 Å². The van der Waals surface area contributed by atoms with E-state index in [0.29, 0.717) is 12.4 Å². The van der Waals surface area contributed by atoms with Gasteiger partial charge in [0.2, 0.25) is 0 Å². The monoisotopic (exact) mass is 250 g/mol. The Kier molecular flexibility index (Phi) is 5.12. The molecule has 1 unspecified atom stereocenters. The van der Waals surface area contributed by atoms with Crippen molar-refractivity contribution >= 4 is 18.2 Å². The second kappa shape index (κ2) is 6.13. The third kappa shape index (κ3) is 5.19. The van der Waals surface area contributed by atoms with E-state index in [4.69, 9.17) is 25.0 Å². The Labute approximate surface area is 93.4 Å². The van der Waals surface area contributed by atoms with E-state index in [1.165, 1.54) is 7.11 Å². The smallest absolute Gasteiger partial charge is 0.413 e. The topological polar surface area (TPSA) is 44.8 Å². The zero-order chi connectivity index (χ0) is 11.1. The lowest BCUT2D eigenvalue weighted by Crippen LogP contribution is -2.00. The van der Waals surface area contributed by atoms with Crippen LogP contribution in [0.5, 0.6) is 5.75 Å². The maximum Gasteiger partial charge on any atom is 0.476 e. The molecule has 1 aromatic rings. The maximum atomic E-state index is 11.5. The molecule has 0 radical (unpaired) electrons. The Hall–Kier alpha value is -0.540. The van der Waals surface area contributed by atoms with E-state index in [9.17, 15) is 4.57 Å². The van der Waals surface area contributed by atoms with Crippen molar-refractivity contribution in [3.63, 3.8) is 0 Å². The molecule has 0 saturated carbocycles. The first-order valence-corrected chi connectivity index (χ1v) is 6.76. The second-order valence-corrected chi connectivity index (χ2v) is 5.21. The van der Waals surface area contributed by atoms with Gasteiger partial charge in [-0.1, -0.05) is 18.2 Å². The van der Waals surface area contributed by atoms with E-state index in [2.05, 4.69) is 0 Å². The Morgan fingerprint density at radius 1 is 1.27 bits per heavy atom. The van der Waals surface area contributed by atoms with Crippen LogP contribution < -0.4 is 4.52 Å². The van der Waals surface area contributed by atoms with Crippen LogP contribution in [0.2, 0.25) is 0 Å². The Morgan fingerprint density at radius 3 is 2.53 bits per heavy atom. The average molecular weight is 251 g/mol. The number of rotatable bonds is 6. The number of hydrogen-bond acceptors (Lipinski definition) is 4. The summed E-state index contributed by atoms with van der Waals surface area (Å²) in [6.07, 6.45) is 0. The van der Waals surface area contributed by atoms with Crippen molar-refractivity contribution in [2.24, 2.45) is 0 Å². The van der Waals surface area contributed by atoms with Gasteiger partial charge in [0.25, 0.3) is 0 Å². The lowest BCUT2D eigenvalue weighted by atomic mass is 10.3. The molecule has 0 fully saturated rings. The molecule has 1 aromatic carbocycles. The molecular formula is C9H12ClO4P. The summed E-state index contributed by atoms with van der Waals surface area (Å²) in [5, 5.41) is 0. The molecule has 0 aliphatic heterocycles. The van der Waals surface area contributed by atoms with Crippen molar-refractivity contribution in [1.29, 1.82) is 0 Å². The van der Waals surface area contributed by atoms with E-state index in [1.54, 1.807) is 24.3 Å². The van der Waals surface area contributed by atoms with Gasteiger partial charge in [0.05, 0.1) is 13.2 Å². The van der Waals surface area contributed by atoms with Crippen molar-refractivity contribution < 1.29 is 18.3 Å². The quantitative estimate of drug-likeness (QED) is 0.575. The summed E-state index contributed by atoms with van der Waals surface area (Å²) in [6.45, 7) is -3.11. The fourth-order valence-electron chi connectivity index (χ4n) is 0.863. The van der Waals surface area contributed by atoms with Crippen LogP contribution in [-0.4, -0.2) is 20.3 Å². The largest absolute Gasteiger partial charge is 0.476 e. The minimum absolute atomic E-state index is 0.129. The minimum atomic E-state index is -3.55. The van der Waals surface area contributed by atoms with Crippen LogP contribution in [0.3, 0.4) is 0 Å². The number of methoxy groups -OCH3 is 1. The van der Waals surface area contributed by atoms with E-state index in [-0.39, 0.29) is 6.61 Å². The summed E-state index contributed by atoms with van der Waals surface area (Å²) in [4.78, 5) is 0. The van der Waals surface area contributed by atoms with E-state index in [0.717, 1.165) is 0 Å². The molecule has 0 spiro atoms. The number of hydrogen-bond donors (Lipinski definition) is 0. The second-order valence-electron chi connectivity index (χ2n) is 2.66. The van der Waals surface area contributed by atoms with Gasteiger partial charge < -0.3 is 9.26 Å². The lowest BCUT2D eigenvalue weighted by Gasteiger charge is -2.12. The fourth-order valence-corrected chi connectivity index (χ4v) is 2.03. The highest BCUT2D eigenvalue weighted by atomic mass is 35.7. The van der Waals surface area contributed by atoms with Gasteiger partial charge >= 0.3 is 6.95 Å². The van der Waals surface area contributed by atoms with Gasteiger partial charge in [-0.3, -0.25) is 4.52 Å². The Balaban J connectivity index is 2.46. The third-order valence-electron chi connectivity index (χ3n) is 1.49. The predicted octanol–water partition coefficient (Wildman–Crippen LogP) is 3.08. The van der Waals surface area contributed by atoms with Crippen molar-refractivity contribution in [2.45, 2.75) is 0 Å². The van der Waals surface area contributed by atoms with Crippen molar-refractivity contribution in [3.8, 4) is 5.75 Å². The Morgan fingerprint density at radius 2 is 1.93 bits per heavy atom. The van der Waals surface area contributed by atoms with Crippen molar-refractivity contribution in [2.75, 3.05) is 20.3 Å². The molecule has 0 saturated heterocycles. The number of halogens is 1. The predicted molar refractivity (Wildman–Crippen MR) is 58.4 cm³/mol. The van der Waals surface area contributed by atoms with Gasteiger partial charge in [-0.05, 0) is 12.1 Å². The summed E-state index contributed by atoms with van der Waals surface area (Å²) in [5.41, 5.74) is 0. The third-order valence-corrected chi connectivity index (χ3v) is 2.91. The summed E-state index contributed by atoms with van der Waals surface area (Å²) in [7, 11) is 1.51. The molecule has 0 bridgehead atoms. The van der Waals surface area contributed by atoms with Gasteiger partial charge in [0, 0.05) is 18.4 Å². The zero-order valence-electron chi connectivity index (χ0n) is 8.26. The molecule has 4 nitrogen and oxygen atoms in total. The first kappa shape index (κ1) is 12.5. The molecule has 15 heavy (non-hydrogen) atoms. The van der Waals surface area contributed by atoms with Crippen LogP contribution in [0.15, 0.2) is 30.3 Å². The molecule has 6 heteroatoms. The molecule has 0 aliphatic carbocycles. The number of benzene rings is 1. The fraction of sp³-hybridized carbons (Fsp3) is 0.333. The highest BCUT2D eigenvalue weighted by Crippen LogP contribution is 2.53. The van der Waals surface area contributed by atoms with Crippen molar-refractivity contribution in [1.82, 2.24) is 0 Å². The SMILES string of the molecule is COCCOP(=O)(Cl)Oc1ccccc1. The van der Waals surface area contributed by atoms with Crippen LogP contribution in [0.4, 0.5) is 0 Å². The number of ether oxygens (including phenoxy) is 1. The molecule has 0 aromatic heterocycles. The first-order valence-electron chi connectivity index (χ1n) is 4.32. The van der Waals surface area contributed by atoms with Gasteiger partial charge in [-0.2, -0.15) is 0 Å². The molecule has 1 rings (SSSR count). The van der Waals surface area contributed by atoms with E-state index in [1.807, 2.05) is 6.07 Å². The normalized spacial score (nSPS) is 14.5. The minimum Gasteiger partial charge on any atom is -0.413 e. The molecule has 1 atom stereocenters. The van der Waals surface area contributed by atoms with Crippen LogP contribution in [-0.2, 0) is 13.8 Å². The summed E-state index contributed by atoms with van der Waals surface area (Å²) < 4.78 is 26.1. The van der Waals surface area contributed by atoms with Crippen LogP contribution in [0.25, 0.3) is 0 Å². The zero-order valence-corrected chi connectivity index (χ0v) is 9.91. The van der Waals surface area contributed by atoms with Crippen LogP contribution in [0, 0.1) is 0 Å². The van der Waals surface area contributed by atoms with Crippen LogP contribution >= 0.6 is 18.2 Å². The lowest BCUT2D eigenvalue weighted by molar-refractivity contribution is 0.142. The molecule has 0 aliphatic rings. The first-order chi connectivity index (χ1) is 7.14.